The Balaban J connectivity index is 1.39. The van der Waals surface area contributed by atoms with Gasteiger partial charge in [0.1, 0.15) is 0 Å². The Kier molecular flexibility index (Phi) is 5.53. The molecule has 5 rings (SSSR count). The van der Waals surface area contributed by atoms with Crippen molar-refractivity contribution in [2.75, 3.05) is 13.1 Å². The molecule has 2 heterocycles. The molecule has 4 nitrogen and oxygen atoms in total. The number of aromatic amines is 1. The van der Waals surface area contributed by atoms with Crippen LogP contribution in [0.5, 0.6) is 0 Å². The quantitative estimate of drug-likeness (QED) is 0.544. The molecule has 1 aliphatic carbocycles. The van der Waals surface area contributed by atoms with Crippen molar-refractivity contribution in [1.29, 1.82) is 0 Å². The Bertz CT molecular complexity index is 1100. The van der Waals surface area contributed by atoms with Gasteiger partial charge in [-0.15, -0.1) is 0 Å². The summed E-state index contributed by atoms with van der Waals surface area (Å²) in [4.78, 5) is 18.5. The van der Waals surface area contributed by atoms with Crippen LogP contribution in [0, 0.1) is 11.3 Å². The number of benzene rings is 2. The molecule has 2 aliphatic rings. The summed E-state index contributed by atoms with van der Waals surface area (Å²) in [5.74, 6) is 0.793. The number of rotatable bonds is 3. The minimum Gasteiger partial charge on any atom is -0.306 e. The molecule has 4 heteroatoms. The smallest absolute Gasteiger partial charge is 0.306 e. The van der Waals surface area contributed by atoms with Gasteiger partial charge >= 0.3 is 5.69 Å². The van der Waals surface area contributed by atoms with Gasteiger partial charge in [-0.3, -0.25) is 9.47 Å². The van der Waals surface area contributed by atoms with E-state index in [-0.39, 0.29) is 17.3 Å². The predicted molar refractivity (Wildman–Crippen MR) is 132 cm³/mol. The topological polar surface area (TPSA) is 41.0 Å². The number of aromatic nitrogens is 2. The van der Waals surface area contributed by atoms with Crippen LogP contribution >= 0.6 is 0 Å². The third-order valence-corrected chi connectivity index (χ3v) is 8.41. The zero-order valence-electron chi connectivity index (χ0n) is 19.8. The van der Waals surface area contributed by atoms with Gasteiger partial charge in [0.15, 0.2) is 0 Å². The number of nitrogens with one attached hydrogen (secondary N) is 1. The molecule has 1 aromatic heterocycles. The molecular formula is C28H37N3O. The van der Waals surface area contributed by atoms with Crippen molar-refractivity contribution in [3.05, 3.63) is 70.6 Å². The molecule has 1 N–H and O–H groups in total. The summed E-state index contributed by atoms with van der Waals surface area (Å²) in [5.41, 5.74) is 4.02. The molecule has 1 aliphatic heterocycles. The van der Waals surface area contributed by atoms with Crippen LogP contribution in [0.3, 0.4) is 0 Å². The van der Waals surface area contributed by atoms with Crippen molar-refractivity contribution in [3.8, 4) is 0 Å². The first-order valence-electron chi connectivity index (χ1n) is 12.4. The third-order valence-electron chi connectivity index (χ3n) is 8.41. The van der Waals surface area contributed by atoms with Gasteiger partial charge in [-0.05, 0) is 67.6 Å². The van der Waals surface area contributed by atoms with Crippen LogP contribution < -0.4 is 5.69 Å². The van der Waals surface area contributed by atoms with E-state index in [0.29, 0.717) is 5.41 Å². The van der Waals surface area contributed by atoms with Gasteiger partial charge in [0.25, 0.3) is 0 Å². The lowest BCUT2D eigenvalue weighted by Crippen LogP contribution is -2.52. The van der Waals surface area contributed by atoms with Crippen molar-refractivity contribution in [2.45, 2.75) is 70.9 Å². The molecule has 0 bridgehead atoms. The highest BCUT2D eigenvalue weighted by Crippen LogP contribution is 2.49. The number of likely N-dealkylation sites (tertiary alicyclic amines) is 1. The lowest BCUT2D eigenvalue weighted by molar-refractivity contribution is -0.00765. The number of nitrogens with zero attached hydrogens (tertiary/aromatic N) is 2. The summed E-state index contributed by atoms with van der Waals surface area (Å²) >= 11 is 0. The number of para-hydroxylation sites is 2. The van der Waals surface area contributed by atoms with E-state index in [0.717, 1.165) is 42.9 Å². The number of piperidine rings is 1. The highest BCUT2D eigenvalue weighted by Gasteiger charge is 2.44. The van der Waals surface area contributed by atoms with Crippen molar-refractivity contribution in [2.24, 2.45) is 11.3 Å². The first-order valence-corrected chi connectivity index (χ1v) is 12.4. The molecule has 1 saturated heterocycles. The first-order chi connectivity index (χ1) is 15.4. The largest absolute Gasteiger partial charge is 0.326 e. The van der Waals surface area contributed by atoms with E-state index in [9.17, 15) is 4.79 Å². The van der Waals surface area contributed by atoms with Crippen LogP contribution in [0.2, 0.25) is 0 Å². The van der Waals surface area contributed by atoms with E-state index < -0.39 is 0 Å². The summed E-state index contributed by atoms with van der Waals surface area (Å²) in [7, 11) is 0. The Hall–Kier alpha value is -2.33. The van der Waals surface area contributed by atoms with E-state index >= 15 is 0 Å². The molecule has 0 spiro atoms. The second-order valence-corrected chi connectivity index (χ2v) is 11.1. The second-order valence-electron chi connectivity index (χ2n) is 11.1. The fourth-order valence-electron chi connectivity index (χ4n) is 6.49. The first kappa shape index (κ1) is 21.5. The van der Waals surface area contributed by atoms with Crippen LogP contribution in [-0.2, 0) is 5.54 Å². The van der Waals surface area contributed by atoms with Gasteiger partial charge in [0.2, 0.25) is 0 Å². The molecule has 3 aromatic rings. The standard InChI is InChI=1S/C28H37N3O/c1-27(2,3)21-13-17-28(18-14-21,22-9-5-4-6-10-22)30-19-15-23(16-20-30)31-25-12-8-7-11-24(25)29-26(31)32/h4-12,21,23H,13-20H2,1-3H3,(H,29,32). The second kappa shape index (κ2) is 8.22. The molecule has 2 fully saturated rings. The fraction of sp³-hybridized carbons (Fsp3) is 0.536. The highest BCUT2D eigenvalue weighted by atomic mass is 16.1. The maximum Gasteiger partial charge on any atom is 0.326 e. The SMILES string of the molecule is CC(C)(C)C1CCC(c2ccccc2)(N2CCC(n3c(=O)[nH]c4ccccc43)CC2)CC1. The Morgan fingerprint density at radius 3 is 2.16 bits per heavy atom. The Morgan fingerprint density at radius 2 is 1.50 bits per heavy atom. The number of hydrogen-bond acceptors (Lipinski definition) is 2. The molecule has 1 saturated carbocycles. The van der Waals surface area contributed by atoms with E-state index in [1.165, 1.54) is 31.2 Å². The fourth-order valence-corrected chi connectivity index (χ4v) is 6.49. The van der Waals surface area contributed by atoms with Crippen LogP contribution in [0.4, 0.5) is 0 Å². The van der Waals surface area contributed by atoms with Crippen LogP contribution in [-0.4, -0.2) is 27.5 Å². The molecular weight excluding hydrogens is 394 g/mol. The summed E-state index contributed by atoms with van der Waals surface area (Å²) < 4.78 is 2.01. The van der Waals surface area contributed by atoms with Gasteiger partial charge < -0.3 is 4.98 Å². The summed E-state index contributed by atoms with van der Waals surface area (Å²) in [6, 6.07) is 19.6. The van der Waals surface area contributed by atoms with Crippen LogP contribution in [0.1, 0.15) is 70.9 Å². The van der Waals surface area contributed by atoms with Crippen molar-refractivity contribution in [1.82, 2.24) is 14.5 Å². The lowest BCUT2D eigenvalue weighted by atomic mass is 9.64. The maximum atomic E-state index is 12.7. The summed E-state index contributed by atoms with van der Waals surface area (Å²) in [5, 5.41) is 0. The number of imidazole rings is 1. The van der Waals surface area contributed by atoms with E-state index in [4.69, 9.17) is 0 Å². The van der Waals surface area contributed by atoms with Crippen molar-refractivity contribution < 1.29 is 0 Å². The molecule has 2 aromatic carbocycles. The highest BCUT2D eigenvalue weighted by molar-refractivity contribution is 5.75. The third kappa shape index (κ3) is 3.73. The van der Waals surface area contributed by atoms with Crippen LogP contribution in [0.15, 0.2) is 59.4 Å². The maximum absolute atomic E-state index is 12.7. The summed E-state index contributed by atoms with van der Waals surface area (Å²) in [6.45, 7) is 9.30. The number of hydrogen-bond donors (Lipinski definition) is 1. The molecule has 0 atom stereocenters. The Morgan fingerprint density at radius 1 is 0.875 bits per heavy atom. The Labute approximate surface area is 191 Å². The molecule has 0 amide bonds. The van der Waals surface area contributed by atoms with Gasteiger partial charge in [0, 0.05) is 24.7 Å². The number of H-pyrrole nitrogens is 1. The molecule has 32 heavy (non-hydrogen) atoms. The van der Waals surface area contributed by atoms with E-state index in [1.807, 2.05) is 22.8 Å². The average Bonchev–Trinajstić information content (AvgIpc) is 3.15. The number of fused-ring (bicyclic) bond motifs is 1. The van der Waals surface area contributed by atoms with Gasteiger partial charge in [0.05, 0.1) is 11.0 Å². The van der Waals surface area contributed by atoms with Crippen LogP contribution in [0.25, 0.3) is 11.0 Å². The van der Waals surface area contributed by atoms with Gasteiger partial charge in [-0.25, -0.2) is 4.79 Å². The minimum absolute atomic E-state index is 0.0353. The molecule has 170 valence electrons. The average molecular weight is 432 g/mol. The molecule has 0 radical (unpaired) electrons. The predicted octanol–water partition coefficient (Wildman–Crippen LogP) is 6.10. The molecule has 0 unspecified atom stereocenters. The van der Waals surface area contributed by atoms with Gasteiger partial charge in [-0.1, -0.05) is 63.2 Å². The minimum atomic E-state index is 0.0353. The monoisotopic (exact) mass is 431 g/mol. The van der Waals surface area contributed by atoms with Crippen molar-refractivity contribution >= 4 is 11.0 Å². The zero-order valence-corrected chi connectivity index (χ0v) is 19.8. The van der Waals surface area contributed by atoms with Crippen molar-refractivity contribution in [3.63, 3.8) is 0 Å². The summed E-state index contributed by atoms with van der Waals surface area (Å²) in [6.07, 6.45) is 7.10. The zero-order chi connectivity index (χ0) is 22.3. The lowest BCUT2D eigenvalue weighted by Gasteiger charge is -2.52. The normalized spacial score (nSPS) is 25.9. The van der Waals surface area contributed by atoms with E-state index in [2.05, 4.69) is 67.1 Å². The van der Waals surface area contributed by atoms with E-state index in [1.54, 1.807) is 0 Å². The van der Waals surface area contributed by atoms with Gasteiger partial charge in [-0.2, -0.15) is 0 Å².